The third kappa shape index (κ3) is 2.88. The molecule has 25 heavy (non-hydrogen) atoms. The molecule has 0 N–H and O–H groups in total. The van der Waals surface area contributed by atoms with E-state index >= 15 is 0 Å². The topological polar surface area (TPSA) is 48.7 Å². The molecule has 4 nitrogen and oxygen atoms in total. The molecule has 0 saturated heterocycles. The molecule has 0 spiro atoms. The van der Waals surface area contributed by atoms with Crippen LogP contribution >= 0.6 is 0 Å². The largest absolute Gasteiger partial charge is 0.493 e. The van der Waals surface area contributed by atoms with Crippen molar-refractivity contribution in [3.05, 3.63) is 17.7 Å². The normalized spacial score (nSPS) is 12.4. The van der Waals surface area contributed by atoms with Crippen molar-refractivity contribution in [3.63, 3.8) is 0 Å². The number of benzene rings is 1. The summed E-state index contributed by atoms with van der Waals surface area (Å²) in [5, 5.41) is 1.85. The first-order valence-electron chi connectivity index (χ1n) is 8.89. The van der Waals surface area contributed by atoms with E-state index < -0.39 is 8.07 Å². The SMILES string of the molecule is COc1cc(C=O)c2cc([Si](C(C)C)(C(C)C)C(C)C)oc2c1OC. The van der Waals surface area contributed by atoms with E-state index in [4.69, 9.17) is 13.9 Å². The van der Waals surface area contributed by atoms with Gasteiger partial charge in [-0.15, -0.1) is 0 Å². The molecule has 0 aliphatic carbocycles. The van der Waals surface area contributed by atoms with Crippen LogP contribution in [0.2, 0.25) is 16.6 Å². The van der Waals surface area contributed by atoms with E-state index in [9.17, 15) is 4.79 Å². The number of fused-ring (bicyclic) bond motifs is 1. The molecule has 0 aliphatic rings. The summed E-state index contributed by atoms with van der Waals surface area (Å²) < 4.78 is 17.4. The molecule has 1 aromatic carbocycles. The minimum absolute atomic E-state index is 0.514. The Bertz CT molecular complexity index is 737. The van der Waals surface area contributed by atoms with Crippen LogP contribution in [-0.2, 0) is 0 Å². The quantitative estimate of drug-likeness (QED) is 0.505. The van der Waals surface area contributed by atoms with E-state index in [1.807, 2.05) is 0 Å². The molecule has 0 saturated carbocycles. The summed E-state index contributed by atoms with van der Waals surface area (Å²) in [6.45, 7) is 13.7. The number of hydrogen-bond donors (Lipinski definition) is 0. The van der Waals surface area contributed by atoms with Crippen LogP contribution in [0.3, 0.4) is 0 Å². The fourth-order valence-electron chi connectivity index (χ4n) is 4.68. The number of carbonyl (C=O) groups is 1. The van der Waals surface area contributed by atoms with Crippen LogP contribution in [0.15, 0.2) is 16.5 Å². The number of rotatable bonds is 7. The monoisotopic (exact) mass is 362 g/mol. The van der Waals surface area contributed by atoms with Gasteiger partial charge in [-0.25, -0.2) is 0 Å². The number of hydrogen-bond acceptors (Lipinski definition) is 4. The number of methoxy groups -OCH3 is 2. The van der Waals surface area contributed by atoms with Crippen molar-refractivity contribution >= 4 is 30.7 Å². The Morgan fingerprint density at radius 3 is 1.92 bits per heavy atom. The molecule has 0 aliphatic heterocycles. The van der Waals surface area contributed by atoms with E-state index in [1.165, 1.54) is 0 Å². The predicted octanol–water partition coefficient (Wildman–Crippen LogP) is 5.15. The Hall–Kier alpha value is -1.75. The minimum atomic E-state index is -1.96. The minimum Gasteiger partial charge on any atom is -0.493 e. The predicted molar refractivity (Wildman–Crippen MR) is 105 cm³/mol. The third-order valence-corrected chi connectivity index (χ3v) is 12.4. The fourth-order valence-corrected chi connectivity index (χ4v) is 11.1. The number of carbonyl (C=O) groups excluding carboxylic acids is 1. The molecule has 5 heteroatoms. The number of ether oxygens (including phenoxy) is 2. The summed E-state index contributed by atoms with van der Waals surface area (Å²) in [4.78, 5) is 11.6. The first kappa shape index (κ1) is 19.6. The van der Waals surface area contributed by atoms with Gasteiger partial charge in [-0.05, 0) is 28.8 Å². The Morgan fingerprint density at radius 1 is 0.960 bits per heavy atom. The van der Waals surface area contributed by atoms with Crippen molar-refractivity contribution in [3.8, 4) is 11.5 Å². The summed E-state index contributed by atoms with van der Waals surface area (Å²) in [5.74, 6) is 1.07. The summed E-state index contributed by atoms with van der Waals surface area (Å²) in [7, 11) is 1.20. The molecule has 0 bridgehead atoms. The standard InChI is InChI=1S/C20H30O4Si/c1-12(2)25(13(3)4,14(5)6)18-10-16-15(11-21)9-17(22-7)20(23-8)19(16)24-18/h9-14H,1-8H3. The highest BCUT2D eigenvalue weighted by molar-refractivity contribution is 6.94. The zero-order valence-electron chi connectivity index (χ0n) is 16.6. The maximum atomic E-state index is 11.6. The average Bonchev–Trinajstić information content (AvgIpc) is 2.97. The van der Waals surface area contributed by atoms with Crippen LogP contribution in [0.5, 0.6) is 11.5 Å². The zero-order chi connectivity index (χ0) is 18.9. The highest BCUT2D eigenvalue weighted by atomic mass is 28.3. The average molecular weight is 363 g/mol. The molecule has 1 aromatic heterocycles. The van der Waals surface area contributed by atoms with Crippen molar-refractivity contribution in [1.82, 2.24) is 0 Å². The van der Waals surface area contributed by atoms with Crippen LogP contribution in [-0.4, -0.2) is 28.6 Å². The van der Waals surface area contributed by atoms with Crippen LogP contribution < -0.4 is 14.9 Å². The van der Waals surface area contributed by atoms with Crippen LogP contribution in [0.1, 0.15) is 51.9 Å². The highest BCUT2D eigenvalue weighted by Crippen LogP contribution is 2.44. The van der Waals surface area contributed by atoms with E-state index in [0.717, 1.165) is 17.1 Å². The fraction of sp³-hybridized carbons (Fsp3) is 0.550. The number of furan rings is 1. The molecular formula is C20H30O4Si. The van der Waals surface area contributed by atoms with Crippen molar-refractivity contribution in [2.24, 2.45) is 0 Å². The van der Waals surface area contributed by atoms with Crippen LogP contribution in [0, 0.1) is 0 Å². The van der Waals surface area contributed by atoms with Crippen LogP contribution in [0.25, 0.3) is 11.0 Å². The Labute approximate surface area is 151 Å². The Balaban J connectivity index is 2.90. The third-order valence-electron chi connectivity index (χ3n) is 5.60. The summed E-state index contributed by atoms with van der Waals surface area (Å²) >= 11 is 0. The highest BCUT2D eigenvalue weighted by Gasteiger charge is 2.47. The zero-order valence-corrected chi connectivity index (χ0v) is 17.6. The van der Waals surface area contributed by atoms with E-state index in [-0.39, 0.29) is 0 Å². The van der Waals surface area contributed by atoms with Gasteiger partial charge in [0.1, 0.15) is 8.07 Å². The first-order chi connectivity index (χ1) is 11.7. The van der Waals surface area contributed by atoms with Gasteiger partial charge in [0.25, 0.3) is 0 Å². The van der Waals surface area contributed by atoms with Crippen molar-refractivity contribution in [1.29, 1.82) is 0 Å². The molecule has 2 rings (SSSR count). The van der Waals surface area contributed by atoms with Crippen molar-refractivity contribution in [2.75, 3.05) is 14.2 Å². The molecule has 0 fully saturated rings. The molecule has 2 aromatic rings. The first-order valence-corrected chi connectivity index (χ1v) is 11.1. The second-order valence-corrected chi connectivity index (χ2v) is 13.4. The maximum Gasteiger partial charge on any atom is 0.204 e. The Kier molecular flexibility index (Phi) is 5.67. The van der Waals surface area contributed by atoms with Gasteiger partial charge in [0, 0.05) is 10.9 Å². The molecule has 0 unspecified atom stereocenters. The van der Waals surface area contributed by atoms with Gasteiger partial charge in [-0.1, -0.05) is 41.5 Å². The molecule has 0 radical (unpaired) electrons. The van der Waals surface area contributed by atoms with Gasteiger partial charge >= 0.3 is 0 Å². The molecule has 1 heterocycles. The Morgan fingerprint density at radius 2 is 1.52 bits per heavy atom. The van der Waals surface area contributed by atoms with E-state index in [2.05, 4.69) is 47.6 Å². The van der Waals surface area contributed by atoms with Gasteiger partial charge < -0.3 is 13.9 Å². The van der Waals surface area contributed by atoms with Gasteiger partial charge in [0.15, 0.2) is 17.6 Å². The van der Waals surface area contributed by atoms with Crippen LogP contribution in [0.4, 0.5) is 0 Å². The summed E-state index contributed by atoms with van der Waals surface area (Å²) in [5.41, 5.74) is 2.72. The lowest BCUT2D eigenvalue weighted by atomic mass is 10.1. The van der Waals surface area contributed by atoms with Gasteiger partial charge in [-0.3, -0.25) is 4.79 Å². The lowest BCUT2D eigenvalue weighted by Gasteiger charge is -2.40. The van der Waals surface area contributed by atoms with Gasteiger partial charge in [-0.2, -0.15) is 0 Å². The van der Waals surface area contributed by atoms with Crippen molar-refractivity contribution < 1.29 is 18.7 Å². The molecule has 0 atom stereocenters. The maximum absolute atomic E-state index is 11.6. The molecular weight excluding hydrogens is 332 g/mol. The number of aldehydes is 1. The second kappa shape index (κ2) is 7.24. The summed E-state index contributed by atoms with van der Waals surface area (Å²) in [6.07, 6.45) is 0.854. The summed E-state index contributed by atoms with van der Waals surface area (Å²) in [6, 6.07) is 3.80. The second-order valence-electron chi connectivity index (χ2n) is 7.57. The lowest BCUT2D eigenvalue weighted by molar-refractivity contribution is 0.112. The van der Waals surface area contributed by atoms with Crippen molar-refractivity contribution in [2.45, 2.75) is 58.2 Å². The van der Waals surface area contributed by atoms with Gasteiger partial charge in [0.2, 0.25) is 5.75 Å². The van der Waals surface area contributed by atoms with E-state index in [1.54, 1.807) is 20.3 Å². The lowest BCUT2D eigenvalue weighted by Crippen LogP contribution is -2.55. The molecule has 0 amide bonds. The van der Waals surface area contributed by atoms with Gasteiger partial charge in [0.05, 0.1) is 19.6 Å². The molecule has 138 valence electrons. The van der Waals surface area contributed by atoms with E-state index in [0.29, 0.717) is 39.3 Å². The smallest absolute Gasteiger partial charge is 0.204 e.